The third-order valence-corrected chi connectivity index (χ3v) is 5.67. The van der Waals surface area contributed by atoms with Crippen LogP contribution in [0.5, 0.6) is 11.8 Å². The van der Waals surface area contributed by atoms with Crippen molar-refractivity contribution in [3.63, 3.8) is 0 Å². The first-order chi connectivity index (χ1) is 14.6. The highest BCUT2D eigenvalue weighted by Crippen LogP contribution is 2.42. The lowest BCUT2D eigenvalue weighted by atomic mass is 9.98. The van der Waals surface area contributed by atoms with Gasteiger partial charge in [0.1, 0.15) is 6.29 Å². The van der Waals surface area contributed by atoms with Crippen molar-refractivity contribution in [2.45, 2.75) is 32.4 Å². The third kappa shape index (κ3) is 3.25. The molecule has 1 atom stereocenters. The molecule has 4 rings (SSSR count). The number of nitrogen functional groups attached to an aromatic ring is 1. The molecule has 3 aromatic rings. The maximum atomic E-state index is 11.9. The average Bonchev–Trinajstić information content (AvgIpc) is 3.14. The van der Waals surface area contributed by atoms with Crippen molar-refractivity contribution in [2.24, 2.45) is 0 Å². The number of methoxy groups -OCH3 is 2. The van der Waals surface area contributed by atoms with E-state index in [0.29, 0.717) is 24.0 Å². The number of para-hydroxylation sites is 1. The van der Waals surface area contributed by atoms with Gasteiger partial charge in [0.2, 0.25) is 11.8 Å². The van der Waals surface area contributed by atoms with Gasteiger partial charge >= 0.3 is 0 Å². The number of nitrogens with zero attached hydrogens (tertiary/aromatic N) is 3. The smallest absolute Gasteiger partial charge is 0.224 e. The van der Waals surface area contributed by atoms with Gasteiger partial charge < -0.3 is 20.0 Å². The van der Waals surface area contributed by atoms with E-state index in [1.54, 1.807) is 20.3 Å². The summed E-state index contributed by atoms with van der Waals surface area (Å²) in [6.45, 7) is 3.60. The van der Waals surface area contributed by atoms with Gasteiger partial charge in [-0.1, -0.05) is 31.5 Å². The number of aromatic nitrogens is 2. The number of ether oxygens (including phenoxy) is 2. The SMILES string of the molecule is CCCCN1Cc2nc3c(-c4ccc(OC)nc4OC)cccc3c(N)c2C1C=O. The number of nitrogens with two attached hydrogens (primary N) is 1. The van der Waals surface area contributed by atoms with E-state index in [1.807, 2.05) is 24.3 Å². The minimum atomic E-state index is -0.343. The molecule has 7 nitrogen and oxygen atoms in total. The molecule has 7 heteroatoms. The maximum Gasteiger partial charge on any atom is 0.224 e. The molecular weight excluding hydrogens is 380 g/mol. The Balaban J connectivity index is 1.89. The minimum absolute atomic E-state index is 0.343. The van der Waals surface area contributed by atoms with Gasteiger partial charge in [-0.25, -0.2) is 0 Å². The minimum Gasteiger partial charge on any atom is -0.481 e. The molecule has 1 aromatic carbocycles. The summed E-state index contributed by atoms with van der Waals surface area (Å²) in [5, 5.41) is 0.827. The fourth-order valence-corrected chi connectivity index (χ4v) is 4.15. The molecule has 0 saturated carbocycles. The number of hydrogen-bond donors (Lipinski definition) is 1. The van der Waals surface area contributed by atoms with Crippen LogP contribution in [-0.2, 0) is 11.3 Å². The lowest BCUT2D eigenvalue weighted by Crippen LogP contribution is -2.24. The number of fused-ring (bicyclic) bond motifs is 2. The quantitative estimate of drug-likeness (QED) is 0.598. The summed E-state index contributed by atoms with van der Waals surface area (Å²) < 4.78 is 10.7. The van der Waals surface area contributed by atoms with E-state index in [2.05, 4.69) is 16.8 Å². The number of carbonyl (C=O) groups excluding carboxylic acids is 1. The summed E-state index contributed by atoms with van der Waals surface area (Å²) in [4.78, 5) is 23.4. The Hall–Kier alpha value is -3.19. The summed E-state index contributed by atoms with van der Waals surface area (Å²) in [6, 6.07) is 9.22. The first-order valence-electron chi connectivity index (χ1n) is 10.1. The number of unbranched alkanes of at least 4 members (excludes halogenated alkanes) is 1. The topological polar surface area (TPSA) is 90.6 Å². The number of hydrogen-bond acceptors (Lipinski definition) is 7. The Morgan fingerprint density at radius 1 is 1.17 bits per heavy atom. The number of benzene rings is 1. The molecule has 2 aromatic heterocycles. The zero-order valence-corrected chi connectivity index (χ0v) is 17.5. The molecule has 0 amide bonds. The third-order valence-electron chi connectivity index (χ3n) is 5.67. The largest absolute Gasteiger partial charge is 0.481 e. The van der Waals surface area contributed by atoms with Crippen molar-refractivity contribution >= 4 is 22.9 Å². The lowest BCUT2D eigenvalue weighted by Gasteiger charge is -2.20. The van der Waals surface area contributed by atoms with Gasteiger partial charge in [0.05, 0.1) is 31.5 Å². The maximum absolute atomic E-state index is 11.9. The highest BCUT2D eigenvalue weighted by molar-refractivity contribution is 6.02. The highest BCUT2D eigenvalue weighted by Gasteiger charge is 2.34. The van der Waals surface area contributed by atoms with Gasteiger partial charge in [-0.15, -0.1) is 0 Å². The van der Waals surface area contributed by atoms with E-state index in [4.69, 9.17) is 20.2 Å². The van der Waals surface area contributed by atoms with E-state index >= 15 is 0 Å². The van der Waals surface area contributed by atoms with Crippen LogP contribution in [0.1, 0.15) is 37.1 Å². The molecule has 0 aliphatic carbocycles. The number of pyridine rings is 2. The molecule has 1 aliphatic heterocycles. The van der Waals surface area contributed by atoms with E-state index in [-0.39, 0.29) is 6.04 Å². The predicted octanol–water partition coefficient (Wildman–Crippen LogP) is 3.75. The van der Waals surface area contributed by atoms with E-state index in [0.717, 1.165) is 59.0 Å². The monoisotopic (exact) mass is 406 g/mol. The van der Waals surface area contributed by atoms with Crippen molar-refractivity contribution in [1.82, 2.24) is 14.9 Å². The molecule has 3 heterocycles. The fourth-order valence-electron chi connectivity index (χ4n) is 4.15. The summed E-state index contributed by atoms with van der Waals surface area (Å²) in [5.74, 6) is 0.933. The molecule has 156 valence electrons. The van der Waals surface area contributed by atoms with Crippen molar-refractivity contribution in [1.29, 1.82) is 0 Å². The van der Waals surface area contributed by atoms with Gasteiger partial charge in [-0.3, -0.25) is 9.88 Å². The number of aldehydes is 1. The molecule has 30 heavy (non-hydrogen) atoms. The van der Waals surface area contributed by atoms with Gasteiger partial charge in [0.25, 0.3) is 0 Å². The molecule has 0 bridgehead atoms. The first-order valence-corrected chi connectivity index (χ1v) is 10.1. The zero-order valence-electron chi connectivity index (χ0n) is 17.5. The zero-order chi connectivity index (χ0) is 21.3. The lowest BCUT2D eigenvalue weighted by molar-refractivity contribution is -0.112. The molecule has 1 aliphatic rings. The van der Waals surface area contributed by atoms with Gasteiger partial charge in [-0.05, 0) is 19.0 Å². The molecule has 0 fully saturated rings. The average molecular weight is 406 g/mol. The van der Waals surface area contributed by atoms with E-state index in [1.165, 1.54) is 0 Å². The van der Waals surface area contributed by atoms with Crippen LogP contribution in [0.2, 0.25) is 0 Å². The summed E-state index contributed by atoms with van der Waals surface area (Å²) in [6.07, 6.45) is 3.07. The van der Waals surface area contributed by atoms with Crippen LogP contribution in [0.15, 0.2) is 30.3 Å². The van der Waals surface area contributed by atoms with Crippen molar-refractivity contribution in [3.8, 4) is 22.9 Å². The number of carbonyl (C=O) groups is 1. The molecule has 1 unspecified atom stereocenters. The summed E-state index contributed by atoms with van der Waals surface area (Å²) in [7, 11) is 3.15. The predicted molar refractivity (Wildman–Crippen MR) is 117 cm³/mol. The Morgan fingerprint density at radius 2 is 2.00 bits per heavy atom. The van der Waals surface area contributed by atoms with Crippen molar-refractivity contribution < 1.29 is 14.3 Å². The fraction of sp³-hybridized carbons (Fsp3) is 0.348. The number of rotatable bonds is 7. The second kappa shape index (κ2) is 8.28. The second-order valence-electron chi connectivity index (χ2n) is 7.40. The van der Waals surface area contributed by atoms with Crippen LogP contribution in [0, 0.1) is 0 Å². The molecule has 0 saturated heterocycles. The second-order valence-corrected chi connectivity index (χ2v) is 7.40. The van der Waals surface area contributed by atoms with E-state index < -0.39 is 0 Å². The Labute approximate surface area is 175 Å². The summed E-state index contributed by atoms with van der Waals surface area (Å²) >= 11 is 0. The standard InChI is InChI=1S/C23H26N4O3/c1-4-5-11-27-12-17-20(18(27)13-28)21(24)16-8-6-7-14(22(16)25-17)15-9-10-19(29-2)26-23(15)30-3/h6-10,13,18H,4-5,11-12H2,1-3H3,(H2,24,25). The molecule has 2 N–H and O–H groups in total. The van der Waals surface area contributed by atoms with Crippen LogP contribution in [-0.4, -0.2) is 41.9 Å². The Morgan fingerprint density at radius 3 is 2.70 bits per heavy atom. The molecule has 0 radical (unpaired) electrons. The summed E-state index contributed by atoms with van der Waals surface area (Å²) in [5.41, 5.74) is 11.4. The highest BCUT2D eigenvalue weighted by atomic mass is 16.5. The molecule has 0 spiro atoms. The van der Waals surface area contributed by atoms with Crippen LogP contribution in [0.3, 0.4) is 0 Å². The molecular formula is C23H26N4O3. The first kappa shape index (κ1) is 20.1. The van der Waals surface area contributed by atoms with Crippen molar-refractivity contribution in [2.75, 3.05) is 26.5 Å². The van der Waals surface area contributed by atoms with Gasteiger partial charge in [0, 0.05) is 40.4 Å². The van der Waals surface area contributed by atoms with Crippen LogP contribution >= 0.6 is 0 Å². The van der Waals surface area contributed by atoms with Crippen LogP contribution < -0.4 is 15.2 Å². The van der Waals surface area contributed by atoms with Gasteiger partial charge in [-0.2, -0.15) is 4.98 Å². The van der Waals surface area contributed by atoms with Crippen LogP contribution in [0.4, 0.5) is 5.69 Å². The van der Waals surface area contributed by atoms with Gasteiger partial charge in [0.15, 0.2) is 0 Å². The Bertz CT molecular complexity index is 1100. The Kier molecular flexibility index (Phi) is 5.55. The van der Waals surface area contributed by atoms with Crippen LogP contribution in [0.25, 0.3) is 22.0 Å². The van der Waals surface area contributed by atoms with Crippen molar-refractivity contribution in [3.05, 3.63) is 41.6 Å². The van der Waals surface area contributed by atoms with E-state index in [9.17, 15) is 4.79 Å². The normalized spacial score (nSPS) is 15.9. The number of anilines is 1.